The van der Waals surface area contributed by atoms with E-state index in [9.17, 15) is 26.4 Å². The number of nitrogens with zero attached hydrogens (tertiary/aromatic N) is 1. The summed E-state index contributed by atoms with van der Waals surface area (Å²) in [5.41, 5.74) is -0.460. The van der Waals surface area contributed by atoms with Crippen LogP contribution in [0.5, 0.6) is 0 Å². The molecule has 0 spiro atoms. The summed E-state index contributed by atoms with van der Waals surface area (Å²) in [5.74, 6) is -0.245. The maximum atomic E-state index is 12.8. The Morgan fingerprint density at radius 2 is 1.73 bits per heavy atom. The largest absolute Gasteiger partial charge is 0.416 e. The van der Waals surface area contributed by atoms with Gasteiger partial charge in [-0.15, -0.1) is 0 Å². The third-order valence-electron chi connectivity index (χ3n) is 4.09. The van der Waals surface area contributed by atoms with Gasteiger partial charge in [0.15, 0.2) is 0 Å². The average molecular weight is 435 g/mol. The van der Waals surface area contributed by atoms with Gasteiger partial charge in [0.25, 0.3) is 15.9 Å². The number of amides is 1. The quantitative estimate of drug-likeness (QED) is 0.619. The molecule has 0 bridgehead atoms. The van der Waals surface area contributed by atoms with E-state index in [0.29, 0.717) is 11.9 Å². The predicted octanol–water partition coefficient (Wildman–Crippen LogP) is 4.46. The molecular formula is C20H16F3N3O3S. The van der Waals surface area contributed by atoms with Gasteiger partial charge in [0, 0.05) is 17.4 Å². The number of pyridine rings is 1. The number of carbonyl (C=O) groups is 1. The minimum atomic E-state index is -4.61. The number of alkyl halides is 3. The summed E-state index contributed by atoms with van der Waals surface area (Å²) in [6.07, 6.45) is -3.11. The number of nitrogens with one attached hydrogen (secondary N) is 2. The molecule has 3 aromatic rings. The molecule has 30 heavy (non-hydrogen) atoms. The van der Waals surface area contributed by atoms with E-state index >= 15 is 0 Å². The number of benzene rings is 2. The van der Waals surface area contributed by atoms with Crippen LogP contribution in [0.15, 0.2) is 71.8 Å². The monoisotopic (exact) mass is 435 g/mol. The molecular weight excluding hydrogens is 419 g/mol. The number of hydrogen-bond acceptors (Lipinski definition) is 4. The molecule has 0 unspecified atom stereocenters. The van der Waals surface area contributed by atoms with Crippen LogP contribution >= 0.6 is 0 Å². The molecule has 0 saturated carbocycles. The van der Waals surface area contributed by atoms with E-state index < -0.39 is 27.7 Å². The molecule has 0 aliphatic rings. The second-order valence-corrected chi connectivity index (χ2v) is 8.02. The second kappa shape index (κ2) is 8.15. The van der Waals surface area contributed by atoms with Crippen LogP contribution in [-0.4, -0.2) is 19.3 Å². The van der Waals surface area contributed by atoms with Crippen LogP contribution < -0.4 is 10.0 Å². The van der Waals surface area contributed by atoms with Crippen molar-refractivity contribution in [1.29, 1.82) is 0 Å². The molecule has 0 aliphatic heterocycles. The second-order valence-electron chi connectivity index (χ2n) is 6.33. The molecule has 0 saturated heterocycles. The van der Waals surface area contributed by atoms with Crippen LogP contribution in [-0.2, 0) is 16.2 Å². The van der Waals surface area contributed by atoms with E-state index in [1.807, 2.05) is 0 Å². The fourth-order valence-electron chi connectivity index (χ4n) is 2.57. The van der Waals surface area contributed by atoms with Crippen molar-refractivity contribution in [2.45, 2.75) is 18.0 Å². The zero-order valence-corrected chi connectivity index (χ0v) is 16.4. The zero-order valence-electron chi connectivity index (χ0n) is 15.6. The fraction of sp³-hybridized carbons (Fsp3) is 0.100. The number of halogens is 3. The molecule has 2 aromatic carbocycles. The Kier molecular flexibility index (Phi) is 5.79. The first kappa shape index (κ1) is 21.3. The van der Waals surface area contributed by atoms with Crippen molar-refractivity contribution in [2.75, 3.05) is 10.0 Å². The normalized spacial score (nSPS) is 11.7. The Morgan fingerprint density at radius 1 is 1.00 bits per heavy atom. The topological polar surface area (TPSA) is 88.2 Å². The van der Waals surface area contributed by atoms with Crippen LogP contribution in [0.1, 0.15) is 21.5 Å². The van der Waals surface area contributed by atoms with Gasteiger partial charge in [0.05, 0.1) is 10.5 Å². The first-order valence-corrected chi connectivity index (χ1v) is 10.1. The van der Waals surface area contributed by atoms with Gasteiger partial charge in [-0.2, -0.15) is 13.2 Å². The number of rotatable bonds is 5. The van der Waals surface area contributed by atoms with Crippen LogP contribution in [0.4, 0.5) is 24.7 Å². The smallest absolute Gasteiger partial charge is 0.306 e. The Hall–Kier alpha value is -3.40. The van der Waals surface area contributed by atoms with Gasteiger partial charge in [0.1, 0.15) is 5.82 Å². The Bertz CT molecular complexity index is 1190. The third-order valence-corrected chi connectivity index (χ3v) is 5.47. The van der Waals surface area contributed by atoms with Crippen LogP contribution in [0.25, 0.3) is 0 Å². The van der Waals surface area contributed by atoms with Gasteiger partial charge in [-0.25, -0.2) is 13.4 Å². The lowest BCUT2D eigenvalue weighted by Gasteiger charge is -2.12. The van der Waals surface area contributed by atoms with Crippen molar-refractivity contribution in [2.24, 2.45) is 0 Å². The minimum Gasteiger partial charge on any atom is -0.306 e. The number of sulfonamides is 1. The fourth-order valence-corrected chi connectivity index (χ4v) is 3.67. The molecule has 0 fully saturated rings. The molecule has 3 rings (SSSR count). The highest BCUT2D eigenvalue weighted by Gasteiger charge is 2.30. The van der Waals surface area contributed by atoms with Crippen LogP contribution in [0.2, 0.25) is 0 Å². The number of aryl methyl sites for hydroxylation is 1. The molecule has 0 aliphatic carbocycles. The molecule has 6 nitrogen and oxygen atoms in total. The van der Waals surface area contributed by atoms with E-state index in [2.05, 4.69) is 15.0 Å². The van der Waals surface area contributed by atoms with Crippen LogP contribution in [0.3, 0.4) is 0 Å². The van der Waals surface area contributed by atoms with Crippen molar-refractivity contribution in [3.8, 4) is 0 Å². The molecule has 1 amide bonds. The standard InChI is InChI=1S/C20H16F3N3O3S/c1-13-5-4-10-24-18(13)25-19(27)14-6-2-9-17(11-14)30(28,29)26-16-8-3-7-15(12-16)20(21,22)23/h2-12,26H,1H3,(H,24,25,27). The van der Waals surface area contributed by atoms with Gasteiger partial charge >= 0.3 is 6.18 Å². The average Bonchev–Trinajstić information content (AvgIpc) is 2.69. The summed E-state index contributed by atoms with van der Waals surface area (Å²) in [4.78, 5) is 16.2. The lowest BCUT2D eigenvalue weighted by Crippen LogP contribution is -2.17. The third kappa shape index (κ3) is 4.95. The minimum absolute atomic E-state index is 0.0481. The predicted molar refractivity (Wildman–Crippen MR) is 106 cm³/mol. The molecule has 10 heteroatoms. The molecule has 1 aromatic heterocycles. The first-order chi connectivity index (χ1) is 14.1. The summed E-state index contributed by atoms with van der Waals surface area (Å²) in [6, 6.07) is 12.4. The number of hydrogen-bond donors (Lipinski definition) is 2. The number of anilines is 2. The van der Waals surface area contributed by atoms with E-state index in [0.717, 1.165) is 23.8 Å². The highest BCUT2D eigenvalue weighted by Crippen LogP contribution is 2.31. The number of aromatic nitrogens is 1. The highest BCUT2D eigenvalue weighted by atomic mass is 32.2. The first-order valence-electron chi connectivity index (χ1n) is 8.59. The summed E-state index contributed by atoms with van der Waals surface area (Å²) in [7, 11) is -4.23. The van der Waals surface area contributed by atoms with Crippen molar-refractivity contribution in [3.05, 3.63) is 83.6 Å². The Labute approximate surface area is 170 Å². The molecule has 0 radical (unpaired) electrons. The van der Waals surface area contributed by atoms with E-state index in [1.54, 1.807) is 19.1 Å². The van der Waals surface area contributed by atoms with Crippen molar-refractivity contribution in [3.63, 3.8) is 0 Å². The lowest BCUT2D eigenvalue weighted by molar-refractivity contribution is -0.137. The lowest BCUT2D eigenvalue weighted by atomic mass is 10.2. The molecule has 0 atom stereocenters. The highest BCUT2D eigenvalue weighted by molar-refractivity contribution is 7.92. The summed E-state index contributed by atoms with van der Waals surface area (Å²) < 4.78 is 65.9. The van der Waals surface area contributed by atoms with Crippen molar-refractivity contribution < 1.29 is 26.4 Å². The van der Waals surface area contributed by atoms with Crippen LogP contribution in [0, 0.1) is 6.92 Å². The summed E-state index contributed by atoms with van der Waals surface area (Å²) in [6.45, 7) is 1.75. The van der Waals surface area contributed by atoms with Gasteiger partial charge in [0.2, 0.25) is 0 Å². The van der Waals surface area contributed by atoms with E-state index in [1.165, 1.54) is 30.5 Å². The van der Waals surface area contributed by atoms with Gasteiger partial charge in [-0.1, -0.05) is 18.2 Å². The van der Waals surface area contributed by atoms with Gasteiger partial charge in [-0.05, 0) is 55.0 Å². The summed E-state index contributed by atoms with van der Waals surface area (Å²) >= 11 is 0. The maximum absolute atomic E-state index is 12.8. The maximum Gasteiger partial charge on any atom is 0.416 e. The summed E-state index contributed by atoms with van der Waals surface area (Å²) in [5, 5.41) is 2.59. The van der Waals surface area contributed by atoms with E-state index in [-0.39, 0.29) is 16.1 Å². The molecule has 156 valence electrons. The van der Waals surface area contributed by atoms with Crippen molar-refractivity contribution >= 4 is 27.4 Å². The molecule has 1 heterocycles. The van der Waals surface area contributed by atoms with Gasteiger partial charge in [-0.3, -0.25) is 9.52 Å². The zero-order chi connectivity index (χ0) is 21.9. The SMILES string of the molecule is Cc1cccnc1NC(=O)c1cccc(S(=O)(=O)Nc2cccc(C(F)(F)F)c2)c1. The van der Waals surface area contributed by atoms with Crippen molar-refractivity contribution in [1.82, 2.24) is 4.98 Å². The molecule has 2 N–H and O–H groups in total. The van der Waals surface area contributed by atoms with Gasteiger partial charge < -0.3 is 5.32 Å². The van der Waals surface area contributed by atoms with E-state index in [4.69, 9.17) is 0 Å². The number of carbonyl (C=O) groups excluding carboxylic acids is 1. The Balaban J connectivity index is 1.84. The Morgan fingerprint density at radius 3 is 2.43 bits per heavy atom.